The number of morpholine rings is 1. The molecule has 3 rings (SSSR count). The molecular formula is C16H22N2O2. The largest absolute Gasteiger partial charge is 0.461 e. The van der Waals surface area contributed by atoms with Crippen LogP contribution >= 0.6 is 0 Å². The maximum absolute atomic E-state index is 6.14. The molecule has 0 aliphatic carbocycles. The topological polar surface area (TPSA) is 38.5 Å². The first-order valence-electron chi connectivity index (χ1n) is 7.06. The van der Waals surface area contributed by atoms with E-state index in [1.54, 1.807) is 0 Å². The summed E-state index contributed by atoms with van der Waals surface area (Å²) in [6.07, 6.45) is 1.82. The fourth-order valence-electron chi connectivity index (χ4n) is 3.27. The molecule has 0 radical (unpaired) electrons. The van der Waals surface area contributed by atoms with Crippen LogP contribution in [0.25, 0.3) is 11.0 Å². The second-order valence-electron chi connectivity index (χ2n) is 6.88. The van der Waals surface area contributed by atoms with Crippen LogP contribution in [0, 0.1) is 6.92 Å². The molecule has 0 spiro atoms. The summed E-state index contributed by atoms with van der Waals surface area (Å²) in [5, 5.41) is 1.08. The molecule has 20 heavy (non-hydrogen) atoms. The number of nitrogens with zero attached hydrogens (tertiary/aromatic N) is 2. The molecule has 1 fully saturated rings. The standard InChI is InChI=1S/C16H22N2O2/c1-11-8-12-13(19-11)6-7-17-14(12)18-9-15(2,3)20-16(4,5)10-18/h6-8H,9-10H2,1-5H3. The molecule has 1 aliphatic heterocycles. The lowest BCUT2D eigenvalue weighted by Gasteiger charge is -2.47. The van der Waals surface area contributed by atoms with E-state index >= 15 is 0 Å². The molecule has 0 aromatic carbocycles. The van der Waals surface area contributed by atoms with E-state index in [1.807, 2.05) is 19.2 Å². The molecule has 2 aromatic heterocycles. The molecule has 0 N–H and O–H groups in total. The zero-order valence-electron chi connectivity index (χ0n) is 12.9. The molecule has 1 aliphatic rings. The zero-order chi connectivity index (χ0) is 14.5. The van der Waals surface area contributed by atoms with Crippen molar-refractivity contribution < 1.29 is 9.15 Å². The normalized spacial score (nSPS) is 21.4. The van der Waals surface area contributed by atoms with Gasteiger partial charge in [-0.1, -0.05) is 0 Å². The summed E-state index contributed by atoms with van der Waals surface area (Å²) in [6.45, 7) is 12.1. The van der Waals surface area contributed by atoms with E-state index in [1.165, 1.54) is 0 Å². The Morgan fingerprint density at radius 2 is 1.80 bits per heavy atom. The van der Waals surface area contributed by atoms with Crippen LogP contribution < -0.4 is 4.90 Å². The quantitative estimate of drug-likeness (QED) is 0.797. The van der Waals surface area contributed by atoms with Gasteiger partial charge >= 0.3 is 0 Å². The van der Waals surface area contributed by atoms with E-state index < -0.39 is 0 Å². The first-order chi connectivity index (χ1) is 9.26. The van der Waals surface area contributed by atoms with E-state index in [0.717, 1.165) is 35.6 Å². The third-order valence-electron chi connectivity index (χ3n) is 3.54. The van der Waals surface area contributed by atoms with Gasteiger partial charge in [-0.3, -0.25) is 0 Å². The predicted molar refractivity (Wildman–Crippen MR) is 80.2 cm³/mol. The minimum Gasteiger partial charge on any atom is -0.461 e. The molecule has 0 atom stereocenters. The maximum atomic E-state index is 6.14. The van der Waals surface area contributed by atoms with Crippen molar-refractivity contribution in [1.29, 1.82) is 0 Å². The van der Waals surface area contributed by atoms with E-state index in [4.69, 9.17) is 9.15 Å². The first kappa shape index (κ1) is 13.4. The SMILES string of the molecule is Cc1cc2c(N3CC(C)(C)OC(C)(C)C3)nccc2o1. The van der Waals surface area contributed by atoms with Crippen molar-refractivity contribution in [2.75, 3.05) is 18.0 Å². The van der Waals surface area contributed by atoms with Crippen LogP contribution in [0.3, 0.4) is 0 Å². The molecule has 4 heteroatoms. The van der Waals surface area contributed by atoms with Gasteiger partial charge in [0.1, 0.15) is 17.2 Å². The number of fused-ring (bicyclic) bond motifs is 1. The average molecular weight is 274 g/mol. The second-order valence-corrected chi connectivity index (χ2v) is 6.88. The van der Waals surface area contributed by atoms with Gasteiger partial charge < -0.3 is 14.1 Å². The lowest BCUT2D eigenvalue weighted by molar-refractivity contribution is -0.133. The van der Waals surface area contributed by atoms with Gasteiger partial charge in [-0.25, -0.2) is 4.98 Å². The number of aryl methyl sites for hydroxylation is 1. The first-order valence-corrected chi connectivity index (χ1v) is 7.06. The molecule has 108 valence electrons. The van der Waals surface area contributed by atoms with Crippen LogP contribution in [-0.4, -0.2) is 29.3 Å². The molecule has 2 aromatic rings. The van der Waals surface area contributed by atoms with Crippen molar-refractivity contribution in [2.24, 2.45) is 0 Å². The summed E-state index contributed by atoms with van der Waals surface area (Å²) in [5.41, 5.74) is 0.518. The number of aromatic nitrogens is 1. The minimum atomic E-state index is -0.190. The Morgan fingerprint density at radius 3 is 2.45 bits per heavy atom. The highest BCUT2D eigenvalue weighted by Crippen LogP contribution is 2.34. The van der Waals surface area contributed by atoms with Gasteiger partial charge in [-0.2, -0.15) is 0 Å². The van der Waals surface area contributed by atoms with Gasteiger partial charge in [-0.15, -0.1) is 0 Å². The highest BCUT2D eigenvalue weighted by molar-refractivity contribution is 5.89. The monoisotopic (exact) mass is 274 g/mol. The molecule has 4 nitrogen and oxygen atoms in total. The molecular weight excluding hydrogens is 252 g/mol. The Bertz CT molecular complexity index is 627. The van der Waals surface area contributed by atoms with Crippen LogP contribution in [0.5, 0.6) is 0 Å². The Labute approximate surface area is 119 Å². The second kappa shape index (κ2) is 4.22. The van der Waals surface area contributed by atoms with Gasteiger partial charge in [0.15, 0.2) is 0 Å². The van der Waals surface area contributed by atoms with Crippen LogP contribution in [0.1, 0.15) is 33.5 Å². The smallest absolute Gasteiger partial charge is 0.139 e. The van der Waals surface area contributed by atoms with Crippen LogP contribution in [0.2, 0.25) is 0 Å². The lowest BCUT2D eigenvalue weighted by Crippen LogP contribution is -2.57. The van der Waals surface area contributed by atoms with Crippen molar-refractivity contribution in [3.05, 3.63) is 24.1 Å². The summed E-state index contributed by atoms with van der Waals surface area (Å²) >= 11 is 0. The number of furan rings is 1. The van der Waals surface area contributed by atoms with Crippen LogP contribution in [-0.2, 0) is 4.74 Å². The number of hydrogen-bond donors (Lipinski definition) is 0. The van der Waals surface area contributed by atoms with Crippen LogP contribution in [0.4, 0.5) is 5.82 Å². The molecule has 1 saturated heterocycles. The number of hydrogen-bond acceptors (Lipinski definition) is 4. The van der Waals surface area contributed by atoms with E-state index in [9.17, 15) is 0 Å². The predicted octanol–water partition coefficient (Wildman–Crippen LogP) is 3.53. The summed E-state index contributed by atoms with van der Waals surface area (Å²) in [4.78, 5) is 6.89. The zero-order valence-corrected chi connectivity index (χ0v) is 12.9. The fraction of sp³-hybridized carbons (Fsp3) is 0.562. The van der Waals surface area contributed by atoms with Gasteiger partial charge in [0.2, 0.25) is 0 Å². The van der Waals surface area contributed by atoms with Gasteiger partial charge in [0.05, 0.1) is 16.6 Å². The molecule has 0 amide bonds. The van der Waals surface area contributed by atoms with Crippen molar-refractivity contribution in [3.63, 3.8) is 0 Å². The minimum absolute atomic E-state index is 0.190. The van der Waals surface area contributed by atoms with Gasteiger partial charge in [0, 0.05) is 19.3 Å². The number of anilines is 1. The van der Waals surface area contributed by atoms with Gasteiger partial charge in [0.25, 0.3) is 0 Å². The summed E-state index contributed by atoms with van der Waals surface area (Å²) in [6, 6.07) is 3.98. The molecule has 0 unspecified atom stereocenters. The van der Waals surface area contributed by atoms with E-state index in [-0.39, 0.29) is 11.2 Å². The van der Waals surface area contributed by atoms with Crippen LogP contribution in [0.15, 0.2) is 22.7 Å². The lowest BCUT2D eigenvalue weighted by atomic mass is 9.98. The maximum Gasteiger partial charge on any atom is 0.139 e. The van der Waals surface area contributed by atoms with Crippen molar-refractivity contribution >= 4 is 16.8 Å². The Hall–Kier alpha value is -1.55. The van der Waals surface area contributed by atoms with Crippen molar-refractivity contribution in [3.8, 4) is 0 Å². The Kier molecular flexibility index (Phi) is 2.83. The number of ether oxygens (including phenoxy) is 1. The number of rotatable bonds is 1. The van der Waals surface area contributed by atoms with Gasteiger partial charge in [-0.05, 0) is 46.8 Å². The van der Waals surface area contributed by atoms with E-state index in [2.05, 4.69) is 43.6 Å². The number of pyridine rings is 1. The van der Waals surface area contributed by atoms with E-state index in [0.29, 0.717) is 0 Å². The highest BCUT2D eigenvalue weighted by Gasteiger charge is 2.39. The Morgan fingerprint density at radius 1 is 1.15 bits per heavy atom. The fourth-order valence-corrected chi connectivity index (χ4v) is 3.27. The van der Waals surface area contributed by atoms with Crippen molar-refractivity contribution in [1.82, 2.24) is 4.98 Å². The highest BCUT2D eigenvalue weighted by atomic mass is 16.5. The molecule has 3 heterocycles. The average Bonchev–Trinajstić information content (AvgIpc) is 2.64. The third kappa shape index (κ3) is 2.40. The summed E-state index contributed by atoms with van der Waals surface area (Å²) in [5.74, 6) is 1.91. The summed E-state index contributed by atoms with van der Waals surface area (Å²) < 4.78 is 11.8. The summed E-state index contributed by atoms with van der Waals surface area (Å²) in [7, 11) is 0. The van der Waals surface area contributed by atoms with Crippen molar-refractivity contribution in [2.45, 2.75) is 45.8 Å². The Balaban J connectivity index is 2.06. The third-order valence-corrected chi connectivity index (χ3v) is 3.54. The molecule has 0 bridgehead atoms. The molecule has 0 saturated carbocycles.